The van der Waals surface area contributed by atoms with Gasteiger partial charge < -0.3 is 45.0 Å². The van der Waals surface area contributed by atoms with Crippen molar-refractivity contribution in [2.24, 2.45) is 0 Å². The second-order valence-electron chi connectivity index (χ2n) is 1.31. The van der Waals surface area contributed by atoms with Gasteiger partial charge in [0.2, 0.25) is 0 Å². The minimum Gasteiger partial charge on any atom is -0.488 e. The Morgan fingerprint density at radius 1 is 1.23 bits per heavy atom. The van der Waals surface area contributed by atoms with Crippen LogP contribution in [0.4, 0.5) is 0 Å². The summed E-state index contributed by atoms with van der Waals surface area (Å²) in [6.07, 6.45) is 0. The maximum absolute atomic E-state index is 3.63. The van der Waals surface area contributed by atoms with E-state index in [1.807, 2.05) is 0 Å². The quantitative estimate of drug-likeness (QED) is 0.527. The first-order chi connectivity index (χ1) is 4.39. The van der Waals surface area contributed by atoms with Crippen molar-refractivity contribution in [2.45, 2.75) is 6.92 Å². The van der Waals surface area contributed by atoms with Crippen molar-refractivity contribution in [2.75, 3.05) is 0 Å². The average Bonchev–Trinajstić information content (AvgIpc) is 1.94. The molecule has 0 aromatic heterocycles. The molecule has 3 heteroatoms. The van der Waals surface area contributed by atoms with Crippen LogP contribution in [0.15, 0.2) is 18.2 Å². The third-order valence-electron chi connectivity index (χ3n) is 0.706. The molecule has 0 aliphatic heterocycles. The SMILES string of the molecule is [CH2-]C.[CH2-]c1[c-]cc[c-]c1.[CH3-].[V+2].[W].[Y]. The molecule has 0 heterocycles. The van der Waals surface area contributed by atoms with Gasteiger partial charge in [-0.15, -0.1) is 0 Å². The number of hydrogen-bond acceptors (Lipinski definition) is 0. The van der Waals surface area contributed by atoms with Crippen LogP contribution in [-0.4, -0.2) is 0 Å². The van der Waals surface area contributed by atoms with E-state index in [4.69, 9.17) is 0 Å². The van der Waals surface area contributed by atoms with Crippen LogP contribution in [0.1, 0.15) is 12.5 Å². The summed E-state index contributed by atoms with van der Waals surface area (Å²) in [5.74, 6) is 0. The molecule has 0 spiro atoms. The van der Waals surface area contributed by atoms with E-state index in [2.05, 4.69) is 26.0 Å². The van der Waals surface area contributed by atoms with Gasteiger partial charge in [-0.05, 0) is 0 Å². The second-order valence-corrected chi connectivity index (χ2v) is 1.31. The first kappa shape index (κ1) is 29.3. The molecule has 0 nitrogen and oxygen atoms in total. The zero-order chi connectivity index (χ0) is 7.11. The molecule has 0 amide bonds. The summed E-state index contributed by atoms with van der Waals surface area (Å²) in [6, 6.07) is 11.1. The third kappa shape index (κ3) is 19.8. The van der Waals surface area contributed by atoms with E-state index in [0.29, 0.717) is 0 Å². The average molecular weight is 457 g/mol. The molecule has 0 fully saturated rings. The molecule has 1 aromatic carbocycles. The van der Waals surface area contributed by atoms with E-state index in [1.165, 1.54) is 0 Å². The maximum atomic E-state index is 3.63. The number of rotatable bonds is 0. The van der Waals surface area contributed by atoms with E-state index in [-0.39, 0.29) is 79.8 Å². The molecular formula is C10H13VWY-3. The normalized spacial score (nSPS) is 5.08. The Morgan fingerprint density at radius 3 is 1.85 bits per heavy atom. The zero-order valence-electron chi connectivity index (χ0n) is 8.08. The Bertz CT molecular complexity index is 145. The summed E-state index contributed by atoms with van der Waals surface area (Å²) in [6.45, 7) is 8.63. The van der Waals surface area contributed by atoms with Crippen LogP contribution in [0.25, 0.3) is 0 Å². The molecule has 13 heavy (non-hydrogen) atoms. The molecular weight excluding hydrogens is 444 g/mol. The maximum Gasteiger partial charge on any atom is 2.00 e. The monoisotopic (exact) mass is 457 g/mol. The van der Waals surface area contributed by atoms with Crippen LogP contribution in [-0.2, 0) is 72.3 Å². The van der Waals surface area contributed by atoms with Gasteiger partial charge in [0.05, 0.1) is 0 Å². The fraction of sp³-hybridized carbons (Fsp3) is 0.100. The molecule has 0 N–H and O–H groups in total. The van der Waals surface area contributed by atoms with Crippen molar-refractivity contribution < 1.29 is 72.3 Å². The Hall–Kier alpha value is 1.47. The molecule has 0 aliphatic rings. The van der Waals surface area contributed by atoms with Crippen LogP contribution >= 0.6 is 0 Å². The van der Waals surface area contributed by atoms with Gasteiger partial charge in [-0.3, -0.25) is 6.07 Å². The predicted octanol–water partition coefficient (Wildman–Crippen LogP) is 2.75. The largest absolute Gasteiger partial charge is 2.00 e. The van der Waals surface area contributed by atoms with Crippen molar-refractivity contribution in [3.8, 4) is 0 Å². The minimum absolute atomic E-state index is 0. The fourth-order valence-corrected chi connectivity index (χ4v) is 0.387. The van der Waals surface area contributed by atoms with E-state index in [1.54, 1.807) is 25.1 Å². The smallest absolute Gasteiger partial charge is 0.488 e. The molecule has 0 unspecified atom stereocenters. The first-order valence-electron chi connectivity index (χ1n) is 2.80. The molecule has 1 rings (SSSR count). The number of benzene rings is 1. The van der Waals surface area contributed by atoms with Crippen molar-refractivity contribution in [1.82, 2.24) is 0 Å². The van der Waals surface area contributed by atoms with Crippen molar-refractivity contribution in [1.29, 1.82) is 0 Å². The minimum atomic E-state index is 0. The third-order valence-corrected chi connectivity index (χ3v) is 0.706. The Balaban J connectivity index is -0.0000000335. The topological polar surface area (TPSA) is 0 Å². The molecule has 0 saturated carbocycles. The summed E-state index contributed by atoms with van der Waals surface area (Å²) in [7, 11) is 0. The van der Waals surface area contributed by atoms with Crippen molar-refractivity contribution >= 4 is 0 Å². The summed E-state index contributed by atoms with van der Waals surface area (Å²) >= 11 is 0. The Labute approximate surface area is 135 Å². The Morgan fingerprint density at radius 2 is 1.69 bits per heavy atom. The number of hydrogen-bond donors (Lipinski definition) is 0. The van der Waals surface area contributed by atoms with Crippen LogP contribution in [0.2, 0.25) is 0 Å². The van der Waals surface area contributed by atoms with Gasteiger partial charge in [0, 0.05) is 53.8 Å². The van der Waals surface area contributed by atoms with Gasteiger partial charge in [0.15, 0.2) is 0 Å². The van der Waals surface area contributed by atoms with Crippen molar-refractivity contribution in [3.63, 3.8) is 0 Å². The molecule has 0 aliphatic carbocycles. The predicted molar refractivity (Wildman–Crippen MR) is 46.0 cm³/mol. The van der Waals surface area contributed by atoms with Crippen LogP contribution < -0.4 is 0 Å². The van der Waals surface area contributed by atoms with Crippen LogP contribution in [0, 0.1) is 33.4 Å². The zero-order valence-corrected chi connectivity index (χ0v) is 15.2. The van der Waals surface area contributed by atoms with Gasteiger partial charge in [0.25, 0.3) is 0 Å². The second kappa shape index (κ2) is 23.4. The molecule has 70 valence electrons. The van der Waals surface area contributed by atoms with Crippen LogP contribution in [0.5, 0.6) is 0 Å². The standard InChI is InChI=1S/C7H5.C2H5.CH3.V.W.Y/c1-7-5-3-2-4-6-7;1-2;;;;/h2-3,6H,1H2;1H2,2H3;1H3;;;/q-3;2*-1;+2;;. The summed E-state index contributed by atoms with van der Waals surface area (Å²) in [5.41, 5.74) is 0.891. The van der Waals surface area contributed by atoms with E-state index in [0.717, 1.165) is 5.56 Å². The van der Waals surface area contributed by atoms with Gasteiger partial charge in [-0.25, -0.2) is 6.07 Å². The fourth-order valence-electron chi connectivity index (χ4n) is 0.387. The van der Waals surface area contributed by atoms with Gasteiger partial charge in [0.1, 0.15) is 0 Å². The van der Waals surface area contributed by atoms with E-state index < -0.39 is 0 Å². The van der Waals surface area contributed by atoms with Gasteiger partial charge >= 0.3 is 18.6 Å². The van der Waals surface area contributed by atoms with E-state index in [9.17, 15) is 0 Å². The molecule has 2 radical (unpaired) electrons. The molecule has 1 aromatic rings. The molecule has 0 atom stereocenters. The molecule has 0 saturated heterocycles. The van der Waals surface area contributed by atoms with E-state index >= 15 is 0 Å². The summed E-state index contributed by atoms with van der Waals surface area (Å²) in [5, 5.41) is 0. The van der Waals surface area contributed by atoms with Crippen molar-refractivity contribution in [3.05, 3.63) is 57.2 Å². The summed E-state index contributed by atoms with van der Waals surface area (Å²) < 4.78 is 0. The van der Waals surface area contributed by atoms with Gasteiger partial charge in [-0.1, -0.05) is 0 Å². The molecule has 0 bridgehead atoms. The first-order valence-corrected chi connectivity index (χ1v) is 2.80. The van der Waals surface area contributed by atoms with Crippen LogP contribution in [0.3, 0.4) is 0 Å². The van der Waals surface area contributed by atoms with Gasteiger partial charge in [-0.2, -0.15) is 6.92 Å². The summed E-state index contributed by atoms with van der Waals surface area (Å²) in [4.78, 5) is 0. The Kier molecular flexibility index (Phi) is 52.6.